The lowest BCUT2D eigenvalue weighted by Crippen LogP contribution is -2.48. The Morgan fingerprint density at radius 2 is 1.68 bits per heavy atom. The second-order valence-corrected chi connectivity index (χ2v) is 8.83. The van der Waals surface area contributed by atoms with E-state index >= 15 is 0 Å². The molecule has 0 unspecified atom stereocenters. The van der Waals surface area contributed by atoms with E-state index in [-0.39, 0.29) is 23.9 Å². The smallest absolute Gasteiger partial charge is 0.318 e. The van der Waals surface area contributed by atoms with E-state index < -0.39 is 0 Å². The third kappa shape index (κ3) is 7.24. The van der Waals surface area contributed by atoms with Crippen molar-refractivity contribution < 1.29 is 13.9 Å². The number of amides is 2. The van der Waals surface area contributed by atoms with Gasteiger partial charge in [0.15, 0.2) is 0 Å². The van der Waals surface area contributed by atoms with Gasteiger partial charge in [-0.2, -0.15) is 0 Å². The topological polar surface area (TPSA) is 67.6 Å². The summed E-state index contributed by atoms with van der Waals surface area (Å²) in [6.45, 7) is 5.80. The van der Waals surface area contributed by atoms with Crippen LogP contribution in [0, 0.1) is 11.7 Å². The molecule has 0 aliphatic heterocycles. The Balaban J connectivity index is 1.61. The van der Waals surface area contributed by atoms with Gasteiger partial charge in [0.05, 0.1) is 6.61 Å². The highest BCUT2D eigenvalue weighted by Gasteiger charge is 2.27. The number of nitrogens with one attached hydrogen (secondary N) is 1. The second kappa shape index (κ2) is 11.1. The minimum absolute atomic E-state index is 0.107. The zero-order valence-electron chi connectivity index (χ0n) is 18.5. The highest BCUT2D eigenvalue weighted by molar-refractivity contribution is 5.74. The van der Waals surface area contributed by atoms with Gasteiger partial charge in [-0.1, -0.05) is 38.1 Å². The van der Waals surface area contributed by atoms with Gasteiger partial charge in [0.2, 0.25) is 0 Å². The Morgan fingerprint density at radius 1 is 1.06 bits per heavy atom. The van der Waals surface area contributed by atoms with Crippen molar-refractivity contribution in [2.45, 2.75) is 64.7 Å². The summed E-state index contributed by atoms with van der Waals surface area (Å²) in [6.07, 6.45) is 3.60. The van der Waals surface area contributed by atoms with Crippen LogP contribution in [0.15, 0.2) is 48.5 Å². The first-order valence-electron chi connectivity index (χ1n) is 11.2. The first kappa shape index (κ1) is 23.1. The fraction of sp³-hybridized carbons (Fsp3) is 0.480. The SMILES string of the molecule is CC(C)COc1ccc(CNC(=O)N(Cc2ccc(F)cc2)C2CCC(N)CC2)cc1. The van der Waals surface area contributed by atoms with Crippen molar-refractivity contribution in [3.8, 4) is 5.75 Å². The number of carbonyl (C=O) groups excluding carboxylic acids is 1. The summed E-state index contributed by atoms with van der Waals surface area (Å²) in [5.74, 6) is 1.03. The lowest BCUT2D eigenvalue weighted by Gasteiger charge is -2.36. The van der Waals surface area contributed by atoms with Crippen molar-refractivity contribution in [2.24, 2.45) is 11.7 Å². The van der Waals surface area contributed by atoms with Crippen LogP contribution >= 0.6 is 0 Å². The maximum atomic E-state index is 13.3. The molecule has 1 aliphatic carbocycles. The molecule has 2 amide bonds. The predicted molar refractivity (Wildman–Crippen MR) is 121 cm³/mol. The lowest BCUT2D eigenvalue weighted by molar-refractivity contribution is 0.147. The van der Waals surface area contributed by atoms with Gasteiger partial charge in [-0.3, -0.25) is 0 Å². The molecule has 1 aliphatic rings. The van der Waals surface area contributed by atoms with E-state index in [1.165, 1.54) is 12.1 Å². The molecule has 2 aromatic carbocycles. The number of halogens is 1. The standard InChI is InChI=1S/C25H34FN3O2/c1-18(2)17-31-24-13-5-19(6-14-24)15-28-25(30)29(23-11-9-22(27)10-12-23)16-20-3-7-21(26)8-4-20/h3-8,13-14,18,22-23H,9-12,15-17,27H2,1-2H3,(H,28,30). The molecule has 0 saturated heterocycles. The van der Waals surface area contributed by atoms with Gasteiger partial charge in [0, 0.05) is 25.2 Å². The summed E-state index contributed by atoms with van der Waals surface area (Å²) in [4.78, 5) is 15.0. The van der Waals surface area contributed by atoms with Gasteiger partial charge in [0.25, 0.3) is 0 Å². The highest BCUT2D eigenvalue weighted by atomic mass is 19.1. The minimum atomic E-state index is -0.274. The van der Waals surface area contributed by atoms with Crippen LogP contribution in [0.5, 0.6) is 5.75 Å². The van der Waals surface area contributed by atoms with Gasteiger partial charge < -0.3 is 20.7 Å². The molecule has 31 heavy (non-hydrogen) atoms. The minimum Gasteiger partial charge on any atom is -0.493 e. The van der Waals surface area contributed by atoms with Crippen LogP contribution in [0.25, 0.3) is 0 Å². The van der Waals surface area contributed by atoms with Crippen molar-refractivity contribution in [3.63, 3.8) is 0 Å². The molecule has 3 N–H and O–H groups in total. The number of carbonyl (C=O) groups is 1. The first-order valence-corrected chi connectivity index (χ1v) is 11.2. The molecule has 0 atom stereocenters. The lowest BCUT2D eigenvalue weighted by atomic mass is 9.90. The molecule has 0 heterocycles. The van der Waals surface area contributed by atoms with Crippen molar-refractivity contribution in [3.05, 3.63) is 65.5 Å². The number of urea groups is 1. The normalized spacial score (nSPS) is 18.6. The average molecular weight is 428 g/mol. The summed E-state index contributed by atoms with van der Waals surface area (Å²) in [5.41, 5.74) is 7.98. The fourth-order valence-electron chi connectivity index (χ4n) is 3.81. The third-order valence-electron chi connectivity index (χ3n) is 5.66. The number of nitrogens with zero attached hydrogens (tertiary/aromatic N) is 1. The Bertz CT molecular complexity index is 816. The number of benzene rings is 2. The van der Waals surface area contributed by atoms with Crippen LogP contribution in [-0.2, 0) is 13.1 Å². The summed E-state index contributed by atoms with van der Waals surface area (Å²) in [5, 5.41) is 3.05. The highest BCUT2D eigenvalue weighted by Crippen LogP contribution is 2.24. The van der Waals surface area contributed by atoms with Crippen molar-refractivity contribution in [1.29, 1.82) is 0 Å². The van der Waals surface area contributed by atoms with E-state index in [1.54, 1.807) is 12.1 Å². The van der Waals surface area contributed by atoms with Crippen molar-refractivity contribution in [2.75, 3.05) is 6.61 Å². The zero-order valence-corrected chi connectivity index (χ0v) is 18.5. The molecule has 0 bridgehead atoms. The molecule has 0 spiro atoms. The Labute approximate surface area is 184 Å². The number of ether oxygens (including phenoxy) is 1. The van der Waals surface area contributed by atoms with Crippen LogP contribution in [0.1, 0.15) is 50.7 Å². The second-order valence-electron chi connectivity index (χ2n) is 8.83. The van der Waals surface area contributed by atoms with E-state index in [1.807, 2.05) is 29.2 Å². The fourth-order valence-corrected chi connectivity index (χ4v) is 3.81. The quantitative estimate of drug-likeness (QED) is 0.633. The Morgan fingerprint density at radius 3 is 2.29 bits per heavy atom. The molecular formula is C25H34FN3O2. The largest absolute Gasteiger partial charge is 0.493 e. The first-order chi connectivity index (χ1) is 14.9. The summed E-state index contributed by atoms with van der Waals surface area (Å²) in [7, 11) is 0. The average Bonchev–Trinajstić information content (AvgIpc) is 2.77. The molecule has 0 aromatic heterocycles. The molecule has 1 saturated carbocycles. The molecule has 3 rings (SSSR count). The van der Waals surface area contributed by atoms with Gasteiger partial charge >= 0.3 is 6.03 Å². The van der Waals surface area contributed by atoms with Crippen LogP contribution in [0.4, 0.5) is 9.18 Å². The van der Waals surface area contributed by atoms with Crippen LogP contribution < -0.4 is 15.8 Å². The summed E-state index contributed by atoms with van der Waals surface area (Å²) < 4.78 is 19.0. The summed E-state index contributed by atoms with van der Waals surface area (Å²) >= 11 is 0. The number of hydrogen-bond donors (Lipinski definition) is 2. The maximum Gasteiger partial charge on any atom is 0.318 e. The van der Waals surface area contributed by atoms with E-state index in [9.17, 15) is 9.18 Å². The van der Waals surface area contributed by atoms with E-state index in [0.29, 0.717) is 25.6 Å². The van der Waals surface area contributed by atoms with Gasteiger partial charge in [-0.15, -0.1) is 0 Å². The Hall–Kier alpha value is -2.60. The van der Waals surface area contributed by atoms with Crippen LogP contribution in [-0.4, -0.2) is 29.6 Å². The molecule has 1 fully saturated rings. The third-order valence-corrected chi connectivity index (χ3v) is 5.66. The number of hydrogen-bond acceptors (Lipinski definition) is 3. The molecule has 168 valence electrons. The number of nitrogens with two attached hydrogens (primary N) is 1. The van der Waals surface area contributed by atoms with E-state index in [2.05, 4.69) is 19.2 Å². The van der Waals surface area contributed by atoms with Crippen LogP contribution in [0.2, 0.25) is 0 Å². The van der Waals surface area contributed by atoms with Gasteiger partial charge in [-0.05, 0) is 67.0 Å². The van der Waals surface area contributed by atoms with E-state index in [0.717, 1.165) is 42.6 Å². The molecule has 2 aromatic rings. The van der Waals surface area contributed by atoms with E-state index in [4.69, 9.17) is 10.5 Å². The molecule has 0 radical (unpaired) electrons. The molecule has 6 heteroatoms. The monoisotopic (exact) mass is 427 g/mol. The van der Waals surface area contributed by atoms with Gasteiger partial charge in [-0.25, -0.2) is 9.18 Å². The van der Waals surface area contributed by atoms with Crippen molar-refractivity contribution >= 4 is 6.03 Å². The summed E-state index contributed by atoms with van der Waals surface area (Å²) in [6, 6.07) is 14.4. The zero-order chi connectivity index (χ0) is 22.2. The van der Waals surface area contributed by atoms with Crippen molar-refractivity contribution in [1.82, 2.24) is 10.2 Å². The maximum absolute atomic E-state index is 13.3. The molecule has 5 nitrogen and oxygen atoms in total. The Kier molecular flexibility index (Phi) is 8.29. The molecular weight excluding hydrogens is 393 g/mol. The van der Waals surface area contributed by atoms with Crippen LogP contribution in [0.3, 0.4) is 0 Å². The van der Waals surface area contributed by atoms with Gasteiger partial charge in [0.1, 0.15) is 11.6 Å². The predicted octanol–water partition coefficient (Wildman–Crippen LogP) is 4.84. The number of rotatable bonds is 8.